The van der Waals surface area contributed by atoms with E-state index in [1.807, 2.05) is 97.1 Å². The number of hydrogen-bond acceptors (Lipinski definition) is 8. The molecule has 0 unspecified atom stereocenters. The fraction of sp³-hybridized carbons (Fsp3) is 0. The van der Waals surface area contributed by atoms with Gasteiger partial charge in [0.1, 0.15) is 0 Å². The molecule has 268 valence electrons. The number of hydrazine groups is 1. The average molecular weight is 734 g/mol. The largest absolute Gasteiger partial charge is 0.497 e. The maximum atomic E-state index is 7.08. The van der Waals surface area contributed by atoms with Crippen LogP contribution in [0.4, 0.5) is 11.4 Å². The molecule has 8 nitrogen and oxygen atoms in total. The molecule has 57 heavy (non-hydrogen) atoms. The second-order valence-corrected chi connectivity index (χ2v) is 13.9. The van der Waals surface area contributed by atoms with Crippen molar-refractivity contribution in [2.24, 2.45) is 0 Å². The summed E-state index contributed by atoms with van der Waals surface area (Å²) in [5.74, 6) is 1.85. The molecule has 8 aromatic rings. The summed E-state index contributed by atoms with van der Waals surface area (Å²) in [6.45, 7) is -0.337. The van der Waals surface area contributed by atoms with E-state index in [2.05, 4.69) is 124 Å². The first-order valence-electron chi connectivity index (χ1n) is 19.1. The van der Waals surface area contributed by atoms with Gasteiger partial charge in [0.2, 0.25) is 0 Å². The number of para-hydroxylation sites is 2. The maximum Gasteiger partial charge on any atom is 0.497 e. The van der Waals surface area contributed by atoms with E-state index < -0.39 is 21.4 Å². The molecule has 1 aromatic heterocycles. The smallest absolute Gasteiger partial charge is 0.454 e. The van der Waals surface area contributed by atoms with Gasteiger partial charge in [0.15, 0.2) is 17.5 Å². The summed E-state index contributed by atoms with van der Waals surface area (Å²) in [5.41, 5.74) is 7.78. The van der Waals surface area contributed by atoms with Gasteiger partial charge in [-0.25, -0.2) is 19.8 Å². The Hall–Kier alpha value is -6.71. The molecule has 0 bridgehead atoms. The van der Waals surface area contributed by atoms with E-state index in [0.717, 1.165) is 44.5 Å². The van der Waals surface area contributed by atoms with Crippen LogP contribution in [0.2, 0.25) is 0 Å². The van der Waals surface area contributed by atoms with Crippen LogP contribution in [0.15, 0.2) is 206 Å². The van der Waals surface area contributed by atoms with E-state index in [9.17, 15) is 0 Å². The Kier molecular flexibility index (Phi) is 9.41. The zero-order chi connectivity index (χ0) is 38.0. The van der Waals surface area contributed by atoms with E-state index in [1.54, 1.807) is 0 Å². The van der Waals surface area contributed by atoms with Gasteiger partial charge in [0.05, 0.1) is 0 Å². The van der Waals surface area contributed by atoms with Crippen molar-refractivity contribution in [3.8, 4) is 34.2 Å². The summed E-state index contributed by atoms with van der Waals surface area (Å²) in [4.78, 5) is 19.5. The molecule has 2 fully saturated rings. The van der Waals surface area contributed by atoms with Gasteiger partial charge < -0.3 is 18.8 Å². The summed E-state index contributed by atoms with van der Waals surface area (Å²) in [6, 6.07) is 70.2. The summed E-state index contributed by atoms with van der Waals surface area (Å²) >= 11 is 0. The molecule has 2 aliphatic rings. The molecule has 0 spiro atoms. The quantitative estimate of drug-likeness (QED) is 0.161. The third-order valence-corrected chi connectivity index (χ3v) is 10.3. The Morgan fingerprint density at radius 2 is 0.789 bits per heavy atom. The third-order valence-electron chi connectivity index (χ3n) is 10.3. The zero-order valence-electron chi connectivity index (χ0n) is 30.9. The maximum absolute atomic E-state index is 7.08. The van der Waals surface area contributed by atoms with Crippen molar-refractivity contribution in [2.75, 3.05) is 9.64 Å². The predicted molar refractivity (Wildman–Crippen MR) is 233 cm³/mol. The Balaban J connectivity index is 1.12. The lowest BCUT2D eigenvalue weighted by Gasteiger charge is -2.42. The molecule has 12 heteroatoms. The number of fused-ring (bicyclic) bond motifs is 1. The number of aromatic nitrogens is 3. The lowest BCUT2D eigenvalue weighted by Crippen LogP contribution is -2.71. The Morgan fingerprint density at radius 1 is 0.368 bits per heavy atom. The van der Waals surface area contributed by atoms with E-state index in [1.165, 1.54) is 0 Å². The molecule has 0 amide bonds. The molecular formula is C45H34B4N6O2. The first-order valence-corrected chi connectivity index (χ1v) is 19.1. The van der Waals surface area contributed by atoms with E-state index in [4.69, 9.17) is 24.1 Å². The first-order chi connectivity index (χ1) is 28.3. The monoisotopic (exact) mass is 734 g/mol. The third kappa shape index (κ3) is 6.80. The van der Waals surface area contributed by atoms with Gasteiger partial charge in [-0.1, -0.05) is 182 Å². The second-order valence-electron chi connectivity index (χ2n) is 13.9. The Bertz CT molecular complexity index is 2510. The van der Waals surface area contributed by atoms with Crippen LogP contribution in [0.3, 0.4) is 0 Å². The Morgan fingerprint density at radius 3 is 1.30 bits per heavy atom. The van der Waals surface area contributed by atoms with Crippen molar-refractivity contribution >= 4 is 56.1 Å². The highest BCUT2D eigenvalue weighted by atomic mass is 16.6. The minimum Gasteiger partial charge on any atom is -0.454 e. The van der Waals surface area contributed by atoms with Gasteiger partial charge in [0.25, 0.3) is 0 Å². The van der Waals surface area contributed by atoms with Crippen LogP contribution in [-0.2, 0) is 9.14 Å². The minimum absolute atomic E-state index is 0.337. The summed E-state index contributed by atoms with van der Waals surface area (Å²) in [6.07, 6.45) is 0. The molecule has 0 radical (unpaired) electrons. The van der Waals surface area contributed by atoms with Crippen molar-refractivity contribution in [2.45, 2.75) is 0 Å². The van der Waals surface area contributed by atoms with Gasteiger partial charge in [0, 0.05) is 28.1 Å². The van der Waals surface area contributed by atoms with Crippen LogP contribution >= 0.6 is 0 Å². The lowest BCUT2D eigenvalue weighted by molar-refractivity contribution is 0.360. The van der Waals surface area contributed by atoms with Crippen molar-refractivity contribution in [1.29, 1.82) is 0 Å². The number of benzene rings is 7. The van der Waals surface area contributed by atoms with Crippen LogP contribution in [0.1, 0.15) is 0 Å². The molecule has 0 aliphatic carbocycles. The number of anilines is 2. The van der Waals surface area contributed by atoms with Crippen molar-refractivity contribution in [3.05, 3.63) is 206 Å². The van der Waals surface area contributed by atoms with Gasteiger partial charge in [-0.2, -0.15) is 0 Å². The fourth-order valence-electron chi connectivity index (χ4n) is 7.66. The Labute approximate surface area is 333 Å². The van der Waals surface area contributed by atoms with Gasteiger partial charge >= 0.3 is 28.3 Å². The molecule has 2 aliphatic heterocycles. The molecule has 0 saturated carbocycles. The van der Waals surface area contributed by atoms with Crippen molar-refractivity contribution < 1.29 is 9.14 Å². The highest BCUT2D eigenvalue weighted by Gasteiger charge is 2.62. The highest BCUT2D eigenvalue weighted by molar-refractivity contribution is 7.01. The summed E-state index contributed by atoms with van der Waals surface area (Å²) in [5, 5.41) is 0. The molecule has 3 heterocycles. The van der Waals surface area contributed by atoms with Crippen LogP contribution in [-0.4, -0.2) is 48.1 Å². The van der Waals surface area contributed by atoms with Crippen molar-refractivity contribution in [3.63, 3.8) is 0 Å². The van der Waals surface area contributed by atoms with Gasteiger partial charge in [-0.3, -0.25) is 0 Å². The number of nitrogens with zero attached hydrogens (tertiary/aromatic N) is 6. The summed E-state index contributed by atoms with van der Waals surface area (Å²) < 4.78 is 16.4. The molecule has 0 N–H and O–H groups in total. The fourth-order valence-corrected chi connectivity index (χ4v) is 7.66. The molecule has 7 aromatic carbocycles. The van der Waals surface area contributed by atoms with Gasteiger partial charge in [-0.15, -0.1) is 0 Å². The number of hydrogen-bond donors (Lipinski definition) is 0. The van der Waals surface area contributed by atoms with E-state index in [0.29, 0.717) is 17.5 Å². The number of rotatable bonds is 8. The first kappa shape index (κ1) is 34.8. The lowest BCUT2D eigenvalue weighted by atomic mass is 9.58. The molecule has 10 rings (SSSR count). The highest BCUT2D eigenvalue weighted by Crippen LogP contribution is 2.35. The van der Waals surface area contributed by atoms with Crippen LogP contribution in [0.5, 0.6) is 0 Å². The topological polar surface area (TPSA) is 66.9 Å². The molecule has 2 saturated heterocycles. The normalized spacial score (nSPS) is 14.2. The van der Waals surface area contributed by atoms with E-state index in [-0.39, 0.29) is 6.98 Å². The van der Waals surface area contributed by atoms with Crippen molar-refractivity contribution in [1.82, 2.24) is 19.8 Å². The van der Waals surface area contributed by atoms with Crippen LogP contribution in [0.25, 0.3) is 34.2 Å². The van der Waals surface area contributed by atoms with Gasteiger partial charge in [-0.05, 0) is 40.7 Å². The second kappa shape index (κ2) is 15.4. The SMILES string of the molecule is c1ccc(B2OB(c3ccccc3)N3B(O2)N(c2ccccc2)B(c2ccc(-c4nc(-c5ccccc5)nc(-c5ccccc5)n4)cc2)N3c2ccccc2)cc1. The summed E-state index contributed by atoms with van der Waals surface area (Å²) in [7, 11) is -1.65. The molecule has 0 atom stereocenters. The van der Waals surface area contributed by atoms with E-state index >= 15 is 0 Å². The molecular weight excluding hydrogens is 700 g/mol. The van der Waals surface area contributed by atoms with Crippen LogP contribution in [0, 0.1) is 0 Å². The van der Waals surface area contributed by atoms with Crippen LogP contribution < -0.4 is 26.0 Å². The minimum atomic E-state index is -0.621. The zero-order valence-corrected chi connectivity index (χ0v) is 30.9. The average Bonchev–Trinajstić information content (AvgIpc) is 3.65. The predicted octanol–water partition coefficient (Wildman–Crippen LogP) is 6.63. The standard InChI is InChI=1S/C45H34B4N6O2/c1-7-19-35(20-8-1)43-50-44(36-21-9-2-10-22-36)52-45(51-43)37-31-33-38(34-32-37)46-53(41-27-15-5-16-28-41)49-55(54(46)42-29-17-6-18-30-42)47(39-23-11-3-12-24-39)56-48(57-49)40-25-13-4-14-26-40/h1-34H.